The lowest BCUT2D eigenvalue weighted by Gasteiger charge is -2.38. The third-order valence-electron chi connectivity index (χ3n) is 24.4. The smallest absolute Gasteiger partial charge is 0.418 e. The van der Waals surface area contributed by atoms with Gasteiger partial charge in [-0.2, -0.15) is 65.9 Å². The molecule has 25 nitrogen and oxygen atoms in total. The zero-order valence-electron chi connectivity index (χ0n) is 72.1. The molecular formula is C97H79F15N8O17. The number of rotatable bonds is 17. The van der Waals surface area contributed by atoms with Gasteiger partial charge in [0, 0.05) is 47.8 Å². The number of hydrogen-bond acceptors (Lipinski definition) is 17. The number of hydrogen-bond donors (Lipinski definition) is 0. The van der Waals surface area contributed by atoms with Crippen molar-refractivity contribution in [3.05, 3.63) is 305 Å². The molecular weight excluding hydrogens is 1830 g/mol. The minimum Gasteiger partial charge on any atom is -0.457 e. The van der Waals surface area contributed by atoms with Crippen LogP contribution >= 0.6 is 0 Å². The molecule has 0 spiro atoms. The third-order valence-corrected chi connectivity index (χ3v) is 24.4. The Hall–Kier alpha value is -15.2. The molecule has 12 amide bonds. The summed E-state index contributed by atoms with van der Waals surface area (Å²) in [5.41, 5.74) is -19.1. The molecule has 40 heteroatoms. The van der Waals surface area contributed by atoms with Crippen LogP contribution in [0.1, 0.15) is 244 Å². The van der Waals surface area contributed by atoms with E-state index in [2.05, 4.69) is 0 Å². The Morgan fingerprint density at radius 1 is 0.299 bits per heavy atom. The van der Waals surface area contributed by atoms with E-state index >= 15 is 0 Å². The Bertz CT molecular complexity index is 7110. The minimum atomic E-state index is -6.05. The van der Waals surface area contributed by atoms with Gasteiger partial charge in [-0.15, -0.1) is 0 Å². The van der Waals surface area contributed by atoms with Gasteiger partial charge >= 0.3 is 30.9 Å². The molecule has 8 heterocycles. The van der Waals surface area contributed by atoms with E-state index in [4.69, 9.17) is 4.74 Å². The van der Waals surface area contributed by atoms with Crippen LogP contribution in [0.4, 0.5) is 71.5 Å². The zero-order valence-corrected chi connectivity index (χ0v) is 72.1. The van der Waals surface area contributed by atoms with Crippen molar-refractivity contribution in [2.75, 3.05) is 39.1 Å². The first kappa shape index (κ1) is 101. The van der Waals surface area contributed by atoms with Gasteiger partial charge in [0.25, 0.3) is 93.1 Å². The van der Waals surface area contributed by atoms with Gasteiger partial charge in [0.1, 0.15) is 16.9 Å². The van der Waals surface area contributed by atoms with E-state index in [-0.39, 0.29) is 105 Å². The number of carbonyl (C=O) groups excluding carboxylic acids is 12. The molecule has 0 aliphatic carbocycles. The second kappa shape index (κ2) is 36.2. The summed E-state index contributed by atoms with van der Waals surface area (Å²) in [6, 6.07) is 33.1. The molecule has 0 N–H and O–H groups in total. The maximum absolute atomic E-state index is 14.9. The summed E-state index contributed by atoms with van der Waals surface area (Å²) < 4.78 is 222. The summed E-state index contributed by atoms with van der Waals surface area (Å²) in [4.78, 5) is 206. The lowest BCUT2D eigenvalue weighted by atomic mass is 9.71. The van der Waals surface area contributed by atoms with Crippen LogP contribution in [-0.2, 0) is 36.8 Å². The SMILES string of the molecule is C.C.CCCCN1C(=O)c2ccc(-c3ccc4c(c3)C(=O)N(C)C4=O)cc2C1=O.CCCCN1C(=O)c2ccc(C(C)(c3ccc4c(c3)C(=O)N(C)C4=O)C(F)(F)F)cc2C1=O.CCCCn1c(=O)c2c(C(F)(F)F)c3c(=O)n(C)c(=O)c3c(C(F)(F)F)c2c1=O.Cc1ccc(Oc2ccc(N3C(=O)c4ccc(C(c5ccc6c(c5)C(=O)N(C)C6=O)(C(F)(F)F)C(F)(F)F)cc4C3=O)cc2)cc1. The predicted molar refractivity (Wildman–Crippen MR) is 466 cm³/mol. The van der Waals surface area contributed by atoms with Crippen LogP contribution in [0, 0.1) is 6.92 Å². The fourth-order valence-electron chi connectivity index (χ4n) is 17.0. The molecule has 2 aromatic heterocycles. The molecule has 1 atom stereocenters. The van der Waals surface area contributed by atoms with Gasteiger partial charge in [0.05, 0.1) is 105 Å². The number of halogens is 15. The van der Waals surface area contributed by atoms with Crippen LogP contribution < -0.4 is 31.9 Å². The molecule has 0 saturated carbocycles. The number of fused-ring (bicyclic) bond motifs is 8. The van der Waals surface area contributed by atoms with Gasteiger partial charge in [0.2, 0.25) is 5.41 Å². The maximum atomic E-state index is 14.9. The topological polar surface area (TPSA) is 312 Å². The molecule has 11 aromatic rings. The Balaban J connectivity index is 0.000000167. The molecule has 1 unspecified atom stereocenters. The molecule has 0 bridgehead atoms. The number of alkyl halides is 15. The second-order valence-electron chi connectivity index (χ2n) is 32.6. The summed E-state index contributed by atoms with van der Waals surface area (Å²) in [6.45, 7) is 8.62. The van der Waals surface area contributed by atoms with Gasteiger partial charge in [0.15, 0.2) is 0 Å². The van der Waals surface area contributed by atoms with E-state index in [1.54, 1.807) is 55.5 Å². The number of aromatic nitrogens is 2. The second-order valence-corrected chi connectivity index (χ2v) is 32.6. The average molecular weight is 1910 g/mol. The van der Waals surface area contributed by atoms with Crippen molar-refractivity contribution in [1.82, 2.24) is 33.6 Å². The first-order valence-corrected chi connectivity index (χ1v) is 41.2. The first-order valence-electron chi connectivity index (χ1n) is 41.2. The molecule has 6 aliphatic heterocycles. The number of nitrogens with zero attached hydrogens (tertiary/aromatic N) is 8. The van der Waals surface area contributed by atoms with Crippen molar-refractivity contribution in [1.29, 1.82) is 0 Å². The van der Waals surface area contributed by atoms with E-state index in [0.717, 1.165) is 88.9 Å². The van der Waals surface area contributed by atoms with E-state index in [9.17, 15) is 143 Å². The number of anilines is 1. The molecule has 17 rings (SSSR count). The molecule has 0 radical (unpaired) electrons. The van der Waals surface area contributed by atoms with Gasteiger partial charge in [-0.1, -0.05) is 109 Å². The monoisotopic (exact) mass is 1910 g/mol. The van der Waals surface area contributed by atoms with Crippen molar-refractivity contribution in [2.45, 2.75) is 136 Å². The van der Waals surface area contributed by atoms with Gasteiger partial charge in [-0.05, 0) is 176 Å². The standard InChI is InChI=1S/C33H20F6N2O5.C24H21F3N2O4.C21H18N2O4.C17H12F6N2O4.2CH4/c1-17-3-9-21(10-4-17)46-22-11-7-20(8-12-22)41-29(44)24-14-6-19(16-26(24)30(41)45)31(32(34,35)36,33(37,38)39)18-5-13-23-25(15-18)28(43)40(2)27(23)42;1-4-5-10-29-21(32)16-9-7-14(12-18(16)22(29)33)23(2,24(25,26)27)13-6-8-15-17(11-13)20(31)28(3)19(15)30;1-3-4-9-23-20(26)15-8-6-13(11-17(15)21(23)27)12-5-7-14-16(10-12)19(25)22(2)18(14)24;1-3-4-5-25-14(28)8-9(15(25)29)11(17(21,22)23)7-6(10(8)16(18,19)20)12(26)24(2)13(7)27;;/h3-16H,1-2H3;6-9,11-12H,4-5,10H2,1-3H3;5-8,10-11H,3-4,9H2,1-2H3;3-5H2,1-2H3;2*1H4. The summed E-state index contributed by atoms with van der Waals surface area (Å²) in [6.07, 6.45) is -24.3. The lowest BCUT2D eigenvalue weighted by molar-refractivity contribution is -0.288. The number of amides is 12. The van der Waals surface area contributed by atoms with Gasteiger partial charge in [-0.25, -0.2) is 4.90 Å². The average Bonchev–Trinajstić information content (AvgIpc) is 1.57. The van der Waals surface area contributed by atoms with Crippen LogP contribution in [0.3, 0.4) is 0 Å². The summed E-state index contributed by atoms with van der Waals surface area (Å²) in [7, 11) is 4.48. The largest absolute Gasteiger partial charge is 0.457 e. The van der Waals surface area contributed by atoms with E-state index < -0.39 is 178 Å². The number of unbranched alkanes of at least 4 members (excludes halogenated alkanes) is 3. The summed E-state index contributed by atoms with van der Waals surface area (Å²) >= 11 is 0. The molecule has 137 heavy (non-hydrogen) atoms. The van der Waals surface area contributed by atoms with E-state index in [1.165, 1.54) is 67.5 Å². The molecule has 0 saturated heterocycles. The van der Waals surface area contributed by atoms with E-state index in [1.807, 2.05) is 32.9 Å². The molecule has 714 valence electrons. The van der Waals surface area contributed by atoms with Gasteiger partial charge in [-0.3, -0.25) is 110 Å². The Morgan fingerprint density at radius 2 is 0.577 bits per heavy atom. The highest BCUT2D eigenvalue weighted by molar-refractivity contribution is 6.35. The first-order chi connectivity index (χ1) is 63.2. The van der Waals surface area contributed by atoms with E-state index in [0.29, 0.717) is 94.3 Å². The number of benzene rings is 9. The summed E-state index contributed by atoms with van der Waals surface area (Å²) in [5.74, 6) is -6.78. The number of imide groups is 6. The van der Waals surface area contributed by atoms with Crippen molar-refractivity contribution < 1.29 is 128 Å². The number of aryl methyl sites for hydroxylation is 1. The van der Waals surface area contributed by atoms with Crippen molar-refractivity contribution >= 4 is 98.1 Å². The highest BCUT2D eigenvalue weighted by Crippen LogP contribution is 2.58. The van der Waals surface area contributed by atoms with Crippen LogP contribution in [0.15, 0.2) is 177 Å². The fraction of sp³-hybridized carbons (Fsp3) is 0.278. The van der Waals surface area contributed by atoms with Crippen LogP contribution in [-0.4, -0.2) is 157 Å². The predicted octanol–water partition coefficient (Wildman–Crippen LogP) is 17.9. The van der Waals surface area contributed by atoms with Crippen molar-refractivity contribution in [3.63, 3.8) is 0 Å². The quantitative estimate of drug-likeness (QED) is 0.0604. The molecule has 6 aliphatic rings. The number of ether oxygens (including phenoxy) is 1. The van der Waals surface area contributed by atoms with Crippen molar-refractivity contribution in [2.24, 2.45) is 7.05 Å². The Kier molecular flexibility index (Phi) is 26.7. The third kappa shape index (κ3) is 16.5. The zero-order chi connectivity index (χ0) is 99.0. The molecule has 9 aromatic carbocycles. The Labute approximate surface area is 766 Å². The van der Waals surface area contributed by atoms with Gasteiger partial charge < -0.3 is 4.74 Å². The maximum Gasteiger partial charge on any atom is 0.418 e. The highest BCUT2D eigenvalue weighted by atomic mass is 19.4. The summed E-state index contributed by atoms with van der Waals surface area (Å²) in [5, 5.41) is -6.20. The highest BCUT2D eigenvalue weighted by Gasteiger charge is 2.73. The molecule has 0 fully saturated rings. The van der Waals surface area contributed by atoms with Crippen LogP contribution in [0.2, 0.25) is 0 Å². The van der Waals surface area contributed by atoms with Crippen LogP contribution in [0.5, 0.6) is 11.5 Å². The lowest BCUT2D eigenvalue weighted by Crippen LogP contribution is -2.55. The fourth-order valence-corrected chi connectivity index (χ4v) is 17.0. The van der Waals surface area contributed by atoms with Crippen LogP contribution in [0.25, 0.3) is 32.7 Å². The Morgan fingerprint density at radius 3 is 0.934 bits per heavy atom. The minimum absolute atomic E-state index is 0. The van der Waals surface area contributed by atoms with Crippen molar-refractivity contribution in [3.8, 4) is 22.6 Å². The number of carbonyl (C=O) groups is 12. The normalized spacial score (nSPS) is 15.1.